The molecule has 2 rings (SSSR count). The average Bonchev–Trinajstić information content (AvgIpc) is 2.52. The number of nitrogens with one attached hydrogen (secondary N) is 1. The van der Waals surface area contributed by atoms with E-state index in [1.807, 2.05) is 13.8 Å². The first-order chi connectivity index (χ1) is 6.31. The summed E-state index contributed by atoms with van der Waals surface area (Å²) in [7, 11) is 0. The first-order valence-corrected chi connectivity index (χ1v) is 6.02. The molecular formula is C12H25N. The normalized spacial score (nSPS) is 31.2. The second kappa shape index (κ2) is 4.99. The van der Waals surface area contributed by atoms with Crippen molar-refractivity contribution in [2.75, 3.05) is 13.1 Å². The van der Waals surface area contributed by atoms with Crippen molar-refractivity contribution in [3.63, 3.8) is 0 Å². The van der Waals surface area contributed by atoms with E-state index in [2.05, 4.69) is 12.2 Å². The van der Waals surface area contributed by atoms with Crippen LogP contribution in [0.4, 0.5) is 0 Å². The smallest absolute Gasteiger partial charge is 0.00436 e. The molecule has 1 N–H and O–H groups in total. The predicted molar refractivity (Wildman–Crippen MR) is 58.9 cm³/mol. The first kappa shape index (κ1) is 11.0. The van der Waals surface area contributed by atoms with Gasteiger partial charge in [0.1, 0.15) is 0 Å². The van der Waals surface area contributed by atoms with E-state index in [1.54, 1.807) is 0 Å². The number of hydrogen-bond donors (Lipinski definition) is 1. The van der Waals surface area contributed by atoms with E-state index in [9.17, 15) is 0 Å². The maximum absolute atomic E-state index is 3.45. The van der Waals surface area contributed by atoms with Gasteiger partial charge in [-0.1, -0.05) is 27.2 Å². The summed E-state index contributed by atoms with van der Waals surface area (Å²) in [5.41, 5.74) is 0.782. The molecule has 2 fully saturated rings. The lowest BCUT2D eigenvalue weighted by atomic mass is 9.77. The second-order valence-electron chi connectivity index (χ2n) is 4.60. The molecule has 0 aromatic heterocycles. The molecule has 1 saturated carbocycles. The summed E-state index contributed by atoms with van der Waals surface area (Å²) in [6.07, 6.45) is 7.39. The standard InChI is InChI=1S/C10H19N.C2H6/c1-9-2-3-10(8-9)4-6-11-7-5-10;1-2/h9,11H,2-8H2,1H3;1-2H3. The second-order valence-corrected chi connectivity index (χ2v) is 4.60. The lowest BCUT2D eigenvalue weighted by molar-refractivity contribution is 0.203. The van der Waals surface area contributed by atoms with Crippen LogP contribution in [-0.2, 0) is 0 Å². The molecule has 1 aliphatic heterocycles. The molecule has 0 aromatic carbocycles. The van der Waals surface area contributed by atoms with Gasteiger partial charge in [0, 0.05) is 0 Å². The zero-order chi connectivity index (χ0) is 9.73. The molecule has 1 atom stereocenters. The van der Waals surface area contributed by atoms with Crippen molar-refractivity contribution in [3.8, 4) is 0 Å². The maximum atomic E-state index is 3.45. The Balaban J connectivity index is 0.000000396. The van der Waals surface area contributed by atoms with Crippen LogP contribution in [0.15, 0.2) is 0 Å². The van der Waals surface area contributed by atoms with E-state index >= 15 is 0 Å². The molecule has 1 unspecified atom stereocenters. The molecule has 0 amide bonds. The third kappa shape index (κ3) is 2.70. The Bertz CT molecular complexity index is 131. The van der Waals surface area contributed by atoms with Crippen LogP contribution < -0.4 is 5.32 Å². The third-order valence-corrected chi connectivity index (χ3v) is 3.61. The predicted octanol–water partition coefficient (Wildman–Crippen LogP) is 3.20. The molecule has 1 saturated heterocycles. The van der Waals surface area contributed by atoms with Gasteiger partial charge in [-0.3, -0.25) is 0 Å². The Morgan fingerprint density at radius 3 is 2.15 bits per heavy atom. The zero-order valence-corrected chi connectivity index (χ0v) is 9.53. The SMILES string of the molecule is CC.CC1CCC2(CCNCC2)C1. The topological polar surface area (TPSA) is 12.0 Å². The first-order valence-electron chi connectivity index (χ1n) is 6.02. The van der Waals surface area contributed by atoms with Crippen LogP contribution in [0.2, 0.25) is 0 Å². The number of hydrogen-bond acceptors (Lipinski definition) is 1. The highest BCUT2D eigenvalue weighted by Gasteiger charge is 2.37. The summed E-state index contributed by atoms with van der Waals surface area (Å²) < 4.78 is 0. The van der Waals surface area contributed by atoms with Gasteiger partial charge in [0.2, 0.25) is 0 Å². The fraction of sp³-hybridized carbons (Fsp3) is 1.00. The molecule has 0 radical (unpaired) electrons. The fourth-order valence-corrected chi connectivity index (χ4v) is 2.91. The highest BCUT2D eigenvalue weighted by Crippen LogP contribution is 2.47. The fourth-order valence-electron chi connectivity index (χ4n) is 2.91. The Kier molecular flexibility index (Phi) is 4.24. The van der Waals surface area contributed by atoms with Gasteiger partial charge in [-0.25, -0.2) is 0 Å². The van der Waals surface area contributed by atoms with Gasteiger partial charge < -0.3 is 5.32 Å². The summed E-state index contributed by atoms with van der Waals surface area (Å²) in [6.45, 7) is 8.95. The Hall–Kier alpha value is -0.0400. The molecule has 13 heavy (non-hydrogen) atoms. The summed E-state index contributed by atoms with van der Waals surface area (Å²) in [5, 5.41) is 3.45. The van der Waals surface area contributed by atoms with Crippen LogP contribution in [0, 0.1) is 11.3 Å². The van der Waals surface area contributed by atoms with Gasteiger partial charge in [0.05, 0.1) is 0 Å². The molecule has 1 heteroatoms. The molecular weight excluding hydrogens is 158 g/mol. The van der Waals surface area contributed by atoms with Crippen LogP contribution in [0.3, 0.4) is 0 Å². The van der Waals surface area contributed by atoms with Crippen molar-refractivity contribution in [2.45, 2.75) is 52.9 Å². The molecule has 1 spiro atoms. The number of piperidine rings is 1. The maximum Gasteiger partial charge on any atom is -0.00436 e. The van der Waals surface area contributed by atoms with Crippen LogP contribution in [0.5, 0.6) is 0 Å². The van der Waals surface area contributed by atoms with Crippen molar-refractivity contribution >= 4 is 0 Å². The van der Waals surface area contributed by atoms with E-state index in [4.69, 9.17) is 0 Å². The van der Waals surface area contributed by atoms with Gasteiger partial charge >= 0.3 is 0 Å². The van der Waals surface area contributed by atoms with Crippen molar-refractivity contribution in [1.29, 1.82) is 0 Å². The molecule has 0 aromatic rings. The molecule has 0 bridgehead atoms. The zero-order valence-electron chi connectivity index (χ0n) is 9.53. The summed E-state index contributed by atoms with van der Waals surface area (Å²) in [6, 6.07) is 0. The molecule has 2 aliphatic rings. The lowest BCUT2D eigenvalue weighted by Crippen LogP contribution is -2.34. The largest absolute Gasteiger partial charge is 0.317 e. The average molecular weight is 183 g/mol. The summed E-state index contributed by atoms with van der Waals surface area (Å²) >= 11 is 0. The summed E-state index contributed by atoms with van der Waals surface area (Å²) in [5.74, 6) is 1.01. The lowest BCUT2D eigenvalue weighted by Gasteiger charge is -2.33. The minimum atomic E-state index is 0.782. The van der Waals surface area contributed by atoms with Gasteiger partial charge in [0.15, 0.2) is 0 Å². The van der Waals surface area contributed by atoms with Gasteiger partial charge in [-0.2, -0.15) is 0 Å². The van der Waals surface area contributed by atoms with E-state index in [-0.39, 0.29) is 0 Å². The molecule has 1 nitrogen and oxygen atoms in total. The van der Waals surface area contributed by atoms with Crippen molar-refractivity contribution < 1.29 is 0 Å². The van der Waals surface area contributed by atoms with E-state index in [0.717, 1.165) is 11.3 Å². The van der Waals surface area contributed by atoms with Crippen LogP contribution >= 0.6 is 0 Å². The minimum Gasteiger partial charge on any atom is -0.317 e. The van der Waals surface area contributed by atoms with Crippen LogP contribution in [0.1, 0.15) is 52.9 Å². The van der Waals surface area contributed by atoms with E-state index in [1.165, 1.54) is 45.2 Å². The van der Waals surface area contributed by atoms with Gasteiger partial charge in [-0.05, 0) is 50.1 Å². The van der Waals surface area contributed by atoms with Gasteiger partial charge in [0.25, 0.3) is 0 Å². The number of rotatable bonds is 0. The summed E-state index contributed by atoms with van der Waals surface area (Å²) in [4.78, 5) is 0. The Morgan fingerprint density at radius 2 is 1.69 bits per heavy atom. The Labute approximate surface area is 83.3 Å². The molecule has 1 heterocycles. The van der Waals surface area contributed by atoms with Crippen molar-refractivity contribution in [1.82, 2.24) is 5.32 Å². The highest BCUT2D eigenvalue weighted by molar-refractivity contribution is 4.90. The van der Waals surface area contributed by atoms with E-state index in [0.29, 0.717) is 0 Å². The van der Waals surface area contributed by atoms with E-state index < -0.39 is 0 Å². The third-order valence-electron chi connectivity index (χ3n) is 3.61. The molecule has 78 valence electrons. The minimum absolute atomic E-state index is 0.782. The van der Waals surface area contributed by atoms with Crippen molar-refractivity contribution in [3.05, 3.63) is 0 Å². The highest BCUT2D eigenvalue weighted by atomic mass is 14.9. The van der Waals surface area contributed by atoms with Gasteiger partial charge in [-0.15, -0.1) is 0 Å². The van der Waals surface area contributed by atoms with Crippen LogP contribution in [0.25, 0.3) is 0 Å². The quantitative estimate of drug-likeness (QED) is 0.608. The van der Waals surface area contributed by atoms with Crippen molar-refractivity contribution in [2.24, 2.45) is 11.3 Å². The monoisotopic (exact) mass is 183 g/mol. The Morgan fingerprint density at radius 1 is 1.08 bits per heavy atom. The molecule has 1 aliphatic carbocycles. The van der Waals surface area contributed by atoms with Crippen LogP contribution in [-0.4, -0.2) is 13.1 Å².